The highest BCUT2D eigenvalue weighted by Gasteiger charge is 2.23. The lowest BCUT2D eigenvalue weighted by Crippen LogP contribution is -2.45. The summed E-state index contributed by atoms with van der Waals surface area (Å²) in [5.41, 5.74) is 0. The zero-order valence-corrected chi connectivity index (χ0v) is 8.06. The minimum atomic E-state index is 0.286. The van der Waals surface area contributed by atoms with Crippen molar-refractivity contribution in [2.75, 3.05) is 18.0 Å². The molecule has 0 aromatic carbocycles. The van der Waals surface area contributed by atoms with Crippen molar-refractivity contribution >= 4 is 5.88 Å². The number of anilines is 1. The van der Waals surface area contributed by atoms with Crippen LogP contribution in [0, 0.1) is 0 Å². The van der Waals surface area contributed by atoms with E-state index in [4.69, 9.17) is 9.15 Å². The molecule has 0 spiro atoms. The Morgan fingerprint density at radius 2 is 2.00 bits per heavy atom. The van der Waals surface area contributed by atoms with E-state index in [0.29, 0.717) is 0 Å². The minimum Gasteiger partial charge on any atom is -0.449 e. The van der Waals surface area contributed by atoms with Crippen molar-refractivity contribution in [1.82, 2.24) is 0 Å². The summed E-state index contributed by atoms with van der Waals surface area (Å²) in [7, 11) is 0. The van der Waals surface area contributed by atoms with Crippen molar-refractivity contribution in [2.24, 2.45) is 0 Å². The van der Waals surface area contributed by atoms with Gasteiger partial charge in [-0.3, -0.25) is 0 Å². The molecule has 1 aromatic rings. The van der Waals surface area contributed by atoms with E-state index in [9.17, 15) is 0 Å². The molecule has 0 radical (unpaired) electrons. The lowest BCUT2D eigenvalue weighted by atomic mass is 10.2. The van der Waals surface area contributed by atoms with Gasteiger partial charge in [-0.1, -0.05) is 0 Å². The highest BCUT2D eigenvalue weighted by Crippen LogP contribution is 2.20. The molecule has 0 amide bonds. The van der Waals surface area contributed by atoms with Gasteiger partial charge in [0, 0.05) is 19.2 Å². The van der Waals surface area contributed by atoms with Crippen LogP contribution < -0.4 is 4.90 Å². The van der Waals surface area contributed by atoms with Gasteiger partial charge >= 0.3 is 0 Å². The largest absolute Gasteiger partial charge is 0.449 e. The Kier molecular flexibility index (Phi) is 2.27. The van der Waals surface area contributed by atoms with Gasteiger partial charge in [-0.05, 0) is 19.9 Å². The summed E-state index contributed by atoms with van der Waals surface area (Å²) in [6, 6.07) is 3.91. The third-order valence-corrected chi connectivity index (χ3v) is 2.24. The van der Waals surface area contributed by atoms with E-state index >= 15 is 0 Å². The predicted molar refractivity (Wildman–Crippen MR) is 50.9 cm³/mol. The molecule has 0 saturated carbocycles. The van der Waals surface area contributed by atoms with Crippen molar-refractivity contribution in [3.8, 4) is 0 Å². The molecule has 0 aliphatic carbocycles. The van der Waals surface area contributed by atoms with Crippen LogP contribution in [-0.4, -0.2) is 25.3 Å². The van der Waals surface area contributed by atoms with Crippen LogP contribution in [0.15, 0.2) is 22.8 Å². The van der Waals surface area contributed by atoms with Gasteiger partial charge in [0.2, 0.25) is 0 Å². The fraction of sp³-hybridized carbons (Fsp3) is 0.600. The van der Waals surface area contributed by atoms with E-state index in [0.717, 1.165) is 19.0 Å². The summed E-state index contributed by atoms with van der Waals surface area (Å²) in [5.74, 6) is 0.946. The summed E-state index contributed by atoms with van der Waals surface area (Å²) < 4.78 is 11.0. The molecule has 72 valence electrons. The molecule has 1 fully saturated rings. The highest BCUT2D eigenvalue weighted by atomic mass is 16.5. The predicted octanol–water partition coefficient (Wildman–Crippen LogP) is 1.89. The molecular formula is C10H15NO2. The number of morpholine rings is 1. The normalized spacial score (nSPS) is 29.2. The number of hydrogen-bond acceptors (Lipinski definition) is 3. The molecule has 1 aromatic heterocycles. The standard InChI is InChI=1S/C10H15NO2/c1-8-6-11(7-9(2)13-8)10-4-3-5-12-10/h3-5,8-9H,6-7H2,1-2H3. The zero-order chi connectivity index (χ0) is 9.26. The summed E-state index contributed by atoms with van der Waals surface area (Å²) >= 11 is 0. The lowest BCUT2D eigenvalue weighted by molar-refractivity contribution is -0.00639. The first-order valence-electron chi connectivity index (χ1n) is 4.69. The van der Waals surface area contributed by atoms with Crippen molar-refractivity contribution in [3.05, 3.63) is 18.4 Å². The van der Waals surface area contributed by atoms with E-state index in [-0.39, 0.29) is 12.2 Å². The van der Waals surface area contributed by atoms with Crippen LogP contribution in [0.4, 0.5) is 5.88 Å². The van der Waals surface area contributed by atoms with Crippen LogP contribution in [0.1, 0.15) is 13.8 Å². The average Bonchev–Trinajstić information content (AvgIpc) is 2.53. The molecule has 2 rings (SSSR count). The quantitative estimate of drug-likeness (QED) is 0.661. The van der Waals surface area contributed by atoms with E-state index in [1.165, 1.54) is 0 Å². The zero-order valence-electron chi connectivity index (χ0n) is 8.06. The minimum absolute atomic E-state index is 0.286. The first-order chi connectivity index (χ1) is 6.25. The number of hydrogen-bond donors (Lipinski definition) is 0. The SMILES string of the molecule is CC1CN(c2ccco2)CC(C)O1. The van der Waals surface area contributed by atoms with Gasteiger partial charge in [-0.2, -0.15) is 0 Å². The molecule has 3 nitrogen and oxygen atoms in total. The molecule has 0 N–H and O–H groups in total. The van der Waals surface area contributed by atoms with Crippen molar-refractivity contribution in [1.29, 1.82) is 0 Å². The van der Waals surface area contributed by atoms with Gasteiger partial charge in [0.05, 0.1) is 18.5 Å². The number of ether oxygens (including phenoxy) is 1. The number of furan rings is 1. The maximum Gasteiger partial charge on any atom is 0.195 e. The smallest absolute Gasteiger partial charge is 0.195 e. The second-order valence-electron chi connectivity index (χ2n) is 3.61. The van der Waals surface area contributed by atoms with Crippen LogP contribution in [0.3, 0.4) is 0 Å². The Hall–Kier alpha value is -0.960. The van der Waals surface area contributed by atoms with Crippen molar-refractivity contribution in [2.45, 2.75) is 26.1 Å². The molecule has 1 saturated heterocycles. The van der Waals surface area contributed by atoms with Gasteiger partial charge in [0.1, 0.15) is 0 Å². The van der Waals surface area contributed by atoms with E-state index < -0.39 is 0 Å². The molecule has 3 heteroatoms. The number of rotatable bonds is 1. The van der Waals surface area contributed by atoms with Gasteiger partial charge in [0.15, 0.2) is 5.88 Å². The van der Waals surface area contributed by atoms with Gasteiger partial charge in [0.25, 0.3) is 0 Å². The first kappa shape index (κ1) is 8.63. The summed E-state index contributed by atoms with van der Waals surface area (Å²) in [4.78, 5) is 2.22. The third-order valence-electron chi connectivity index (χ3n) is 2.24. The average molecular weight is 181 g/mol. The maximum absolute atomic E-state index is 5.63. The Bertz CT molecular complexity index is 248. The van der Waals surface area contributed by atoms with Crippen LogP contribution in [0.25, 0.3) is 0 Å². The second kappa shape index (κ2) is 3.42. The molecular weight excluding hydrogens is 166 g/mol. The van der Waals surface area contributed by atoms with Crippen LogP contribution in [0.5, 0.6) is 0 Å². The Morgan fingerprint density at radius 3 is 2.54 bits per heavy atom. The van der Waals surface area contributed by atoms with Gasteiger partial charge in [-0.15, -0.1) is 0 Å². The van der Waals surface area contributed by atoms with E-state index in [1.807, 2.05) is 12.1 Å². The van der Waals surface area contributed by atoms with Crippen LogP contribution in [0.2, 0.25) is 0 Å². The van der Waals surface area contributed by atoms with Crippen LogP contribution in [-0.2, 0) is 4.74 Å². The van der Waals surface area contributed by atoms with Gasteiger partial charge in [-0.25, -0.2) is 0 Å². The second-order valence-corrected chi connectivity index (χ2v) is 3.61. The van der Waals surface area contributed by atoms with Crippen LogP contribution >= 0.6 is 0 Å². The van der Waals surface area contributed by atoms with Crippen molar-refractivity contribution < 1.29 is 9.15 Å². The maximum atomic E-state index is 5.63. The topological polar surface area (TPSA) is 25.6 Å². The molecule has 13 heavy (non-hydrogen) atoms. The lowest BCUT2D eigenvalue weighted by Gasteiger charge is -2.35. The first-order valence-corrected chi connectivity index (χ1v) is 4.69. The van der Waals surface area contributed by atoms with E-state index in [2.05, 4.69) is 18.7 Å². The third kappa shape index (κ3) is 1.86. The fourth-order valence-corrected chi connectivity index (χ4v) is 1.81. The Labute approximate surface area is 78.3 Å². The molecule has 2 atom stereocenters. The van der Waals surface area contributed by atoms with E-state index in [1.54, 1.807) is 6.26 Å². The molecule has 0 bridgehead atoms. The molecule has 2 heterocycles. The molecule has 2 unspecified atom stereocenters. The summed E-state index contributed by atoms with van der Waals surface area (Å²) in [6.07, 6.45) is 2.28. The van der Waals surface area contributed by atoms with Crippen molar-refractivity contribution in [3.63, 3.8) is 0 Å². The Morgan fingerprint density at radius 1 is 1.31 bits per heavy atom. The highest BCUT2D eigenvalue weighted by molar-refractivity contribution is 5.35. The fourth-order valence-electron chi connectivity index (χ4n) is 1.81. The Balaban J connectivity index is 2.07. The van der Waals surface area contributed by atoms with Gasteiger partial charge < -0.3 is 14.1 Å². The summed E-state index contributed by atoms with van der Waals surface area (Å²) in [5, 5.41) is 0. The summed E-state index contributed by atoms with van der Waals surface area (Å²) in [6.45, 7) is 6.01. The molecule has 1 aliphatic heterocycles. The monoisotopic (exact) mass is 181 g/mol. The number of nitrogens with zero attached hydrogens (tertiary/aromatic N) is 1. The molecule has 1 aliphatic rings.